The Kier molecular flexibility index (Phi) is 28.7. The lowest BCUT2D eigenvalue weighted by molar-refractivity contribution is -0.145. The highest BCUT2D eigenvalue weighted by Gasteiger charge is 2.32. The normalized spacial score (nSPS) is 11.4. The third-order valence-electron chi connectivity index (χ3n) is 15.6. The molecule has 0 radical (unpaired) electrons. The van der Waals surface area contributed by atoms with E-state index < -0.39 is 39.9 Å². The molecule has 0 aliphatic carbocycles. The molecule has 0 fully saturated rings. The van der Waals surface area contributed by atoms with Crippen LogP contribution in [-0.4, -0.2) is 79.2 Å². The monoisotopic (exact) mass is 1210 g/mol. The highest BCUT2D eigenvalue weighted by atomic mass is 16.6. The molecule has 480 valence electrons. The van der Waals surface area contributed by atoms with E-state index in [2.05, 4.69) is 13.8 Å². The summed E-state index contributed by atoms with van der Waals surface area (Å²) in [6.07, 6.45) is 4.59. The summed E-state index contributed by atoms with van der Waals surface area (Å²) in [4.78, 5) is 35.2. The van der Waals surface area contributed by atoms with Crippen LogP contribution in [0.1, 0.15) is 180 Å². The van der Waals surface area contributed by atoms with E-state index in [1.807, 2.05) is 75.3 Å². The number of hydrogen-bond acceptors (Lipinski definition) is 18. The van der Waals surface area contributed by atoms with Crippen LogP contribution in [0.2, 0.25) is 0 Å². The highest BCUT2D eigenvalue weighted by Crippen LogP contribution is 2.42. The molecule has 0 spiro atoms. The number of rotatable bonds is 15. The van der Waals surface area contributed by atoms with Crippen molar-refractivity contribution in [2.45, 2.75) is 179 Å². The number of carbonyl (C=O) groups excluding carboxylic acids is 3. The Hall–Kier alpha value is -8.67. The van der Waals surface area contributed by atoms with Gasteiger partial charge in [-0.2, -0.15) is 0 Å². The molecule has 0 heterocycles. The molecule has 0 atom stereocenters. The maximum atomic E-state index is 11.7. The molecule has 6 rings (SSSR count). The molecule has 18 heteroatoms. The van der Waals surface area contributed by atoms with E-state index in [4.69, 9.17) is 14.2 Å². The van der Waals surface area contributed by atoms with Crippen LogP contribution < -0.4 is 14.2 Å². The predicted molar refractivity (Wildman–Crippen MR) is 338 cm³/mol. The first kappa shape index (κ1) is 76.3. The second-order valence-electron chi connectivity index (χ2n) is 24.5. The van der Waals surface area contributed by atoms with Crippen molar-refractivity contribution in [2.75, 3.05) is 0 Å². The first-order valence-corrected chi connectivity index (χ1v) is 28.8. The summed E-state index contributed by atoms with van der Waals surface area (Å²) in [5.41, 5.74) is -0.00602. The van der Waals surface area contributed by atoms with Gasteiger partial charge in [-0.3, -0.25) is 14.4 Å². The van der Waals surface area contributed by atoms with Gasteiger partial charge in [0, 0.05) is 22.8 Å². The lowest BCUT2D eigenvalue weighted by atomic mass is 9.81. The summed E-state index contributed by atoms with van der Waals surface area (Å²) >= 11 is 0. The summed E-state index contributed by atoms with van der Waals surface area (Å²) in [6.45, 7) is 34.5. The van der Waals surface area contributed by atoms with E-state index in [1.165, 1.54) is 72.8 Å². The molecule has 18 nitrogen and oxygen atoms in total. The number of phenolic OH excluding ortho intramolecular Hbond substituents is 12. The fourth-order valence-corrected chi connectivity index (χ4v) is 6.86. The van der Waals surface area contributed by atoms with E-state index in [-0.39, 0.29) is 96.7 Å². The van der Waals surface area contributed by atoms with Crippen molar-refractivity contribution in [2.24, 2.45) is 16.2 Å². The number of ether oxygens (including phenoxy) is 3. The maximum absolute atomic E-state index is 11.7. The molecule has 0 bridgehead atoms. The average molecular weight is 1210 g/mol. The zero-order valence-corrected chi connectivity index (χ0v) is 54.0. The van der Waals surface area contributed by atoms with Crippen molar-refractivity contribution in [1.82, 2.24) is 0 Å². The fourth-order valence-electron chi connectivity index (χ4n) is 6.86. The van der Waals surface area contributed by atoms with Gasteiger partial charge >= 0.3 is 17.9 Å². The van der Waals surface area contributed by atoms with E-state index in [0.29, 0.717) is 24.8 Å². The summed E-state index contributed by atoms with van der Waals surface area (Å²) in [5.74, 6) is -2.26. The Bertz CT molecular complexity index is 3110. The number of carbonyl (C=O) groups is 3. The first-order chi connectivity index (χ1) is 40.1. The Balaban J connectivity index is 0.000000523. The molecule has 0 amide bonds. The van der Waals surface area contributed by atoms with Crippen molar-refractivity contribution < 1.29 is 89.9 Å². The van der Waals surface area contributed by atoms with E-state index in [1.54, 1.807) is 71.9 Å². The van der Waals surface area contributed by atoms with Gasteiger partial charge in [0.2, 0.25) is 11.5 Å². The predicted octanol–water partition coefficient (Wildman–Crippen LogP) is 15.7. The molecule has 0 unspecified atom stereocenters. The Morgan fingerprint density at radius 1 is 0.322 bits per heavy atom. The van der Waals surface area contributed by atoms with Crippen molar-refractivity contribution in [3.63, 3.8) is 0 Å². The molecular weight excluding hydrogens is 1120 g/mol. The Morgan fingerprint density at radius 2 is 0.667 bits per heavy atom. The van der Waals surface area contributed by atoms with Crippen molar-refractivity contribution >= 4 is 17.9 Å². The smallest absolute Gasteiger partial charge is 0.317 e. The molecule has 6 aromatic carbocycles. The number of esters is 3. The number of hydrogen-bond donors (Lipinski definition) is 12. The lowest BCUT2D eigenvalue weighted by Gasteiger charge is -2.24. The summed E-state index contributed by atoms with van der Waals surface area (Å²) in [6, 6.07) is 26.8. The second kappa shape index (κ2) is 32.7. The van der Waals surface area contributed by atoms with Crippen LogP contribution in [0.5, 0.6) is 86.2 Å². The van der Waals surface area contributed by atoms with Crippen LogP contribution in [0.4, 0.5) is 0 Å². The third-order valence-corrected chi connectivity index (χ3v) is 15.6. The summed E-state index contributed by atoms with van der Waals surface area (Å²) in [5, 5.41) is 113. The van der Waals surface area contributed by atoms with Gasteiger partial charge in [-0.05, 0) is 169 Å². The van der Waals surface area contributed by atoms with E-state index in [9.17, 15) is 75.7 Å². The van der Waals surface area contributed by atoms with Crippen molar-refractivity contribution in [1.29, 1.82) is 0 Å². The van der Waals surface area contributed by atoms with Crippen LogP contribution in [0, 0.1) is 16.2 Å². The standard InChI is InChI=1S/3C12H16O4.3C11H16O2/c1-4-12(2,3)11(15)16-10-7-8(13)5-6-9(10)14;1-4-12(2,3)11(15)16-9-7-5-6-8(13)10(9)14;1-4-12(2,3)11(15)16-10-8(13)6-5-7-9(10)14;1-4-11(2,3)9-7-8(12)5-6-10(9)13;1-4-11(2,3)10-8(12)6-5-7-9(10)13;1-4-11(2,3)8-6-5-7-9(12)10(8)13/h3*5-7,13-14H,4H2,1-3H3;3*5-7,12-13H,4H2,1-3H3. The number of benzene rings is 6. The van der Waals surface area contributed by atoms with Gasteiger partial charge in [-0.1, -0.05) is 113 Å². The highest BCUT2D eigenvalue weighted by molar-refractivity contribution is 5.80. The molecule has 0 aromatic heterocycles. The molecule has 0 saturated carbocycles. The quantitative estimate of drug-likeness (QED) is 0.0197. The third kappa shape index (κ3) is 22.6. The molecule has 0 aliphatic heterocycles. The van der Waals surface area contributed by atoms with Crippen molar-refractivity contribution in [3.8, 4) is 86.2 Å². The maximum Gasteiger partial charge on any atom is 0.317 e. The number of para-hydroxylation sites is 3. The van der Waals surface area contributed by atoms with Gasteiger partial charge in [0.05, 0.1) is 16.2 Å². The zero-order valence-electron chi connectivity index (χ0n) is 54.0. The van der Waals surface area contributed by atoms with Crippen molar-refractivity contribution in [3.05, 3.63) is 126 Å². The van der Waals surface area contributed by atoms with Crippen LogP contribution in [0.25, 0.3) is 0 Å². The second-order valence-corrected chi connectivity index (χ2v) is 24.5. The van der Waals surface area contributed by atoms with Gasteiger partial charge in [0.25, 0.3) is 0 Å². The minimum absolute atomic E-state index is 0.00866. The van der Waals surface area contributed by atoms with E-state index in [0.717, 1.165) is 30.4 Å². The average Bonchev–Trinajstić information content (AvgIpc) is 2.79. The topological polar surface area (TPSA) is 322 Å². The first-order valence-electron chi connectivity index (χ1n) is 28.8. The Labute approximate surface area is 513 Å². The minimum atomic E-state index is -0.644. The number of phenols is 12. The largest absolute Gasteiger partial charge is 0.508 e. The Morgan fingerprint density at radius 3 is 1.10 bits per heavy atom. The van der Waals surface area contributed by atoms with Crippen LogP contribution in [0.15, 0.2) is 109 Å². The minimum Gasteiger partial charge on any atom is -0.508 e. The van der Waals surface area contributed by atoms with Gasteiger partial charge in [0.15, 0.2) is 46.0 Å². The van der Waals surface area contributed by atoms with Crippen LogP contribution >= 0.6 is 0 Å². The van der Waals surface area contributed by atoms with Gasteiger partial charge in [-0.15, -0.1) is 0 Å². The van der Waals surface area contributed by atoms with Gasteiger partial charge < -0.3 is 75.5 Å². The molecule has 0 saturated heterocycles. The molecule has 6 aromatic rings. The molecule has 87 heavy (non-hydrogen) atoms. The van der Waals surface area contributed by atoms with Gasteiger partial charge in [-0.25, -0.2) is 0 Å². The van der Waals surface area contributed by atoms with Crippen LogP contribution in [-0.2, 0) is 30.6 Å². The SMILES string of the molecule is CCC(C)(C)C(=O)Oc1c(O)cccc1O.CCC(C)(C)C(=O)Oc1cc(O)ccc1O.CCC(C)(C)C(=O)Oc1cccc(O)c1O.CCC(C)(C)c1c(O)cccc1O.CCC(C)(C)c1cc(O)ccc1O.CCC(C)(C)c1cccc(O)c1O. The van der Waals surface area contributed by atoms with Gasteiger partial charge in [0.1, 0.15) is 28.7 Å². The number of aromatic hydroxyl groups is 12. The lowest BCUT2D eigenvalue weighted by Crippen LogP contribution is -2.28. The molecular formula is C69H96O18. The summed E-state index contributed by atoms with van der Waals surface area (Å²) < 4.78 is 15.1. The van der Waals surface area contributed by atoms with Crippen LogP contribution in [0.3, 0.4) is 0 Å². The fraction of sp³-hybridized carbons (Fsp3) is 0.435. The molecule has 12 N–H and O–H groups in total. The van der Waals surface area contributed by atoms with E-state index >= 15 is 0 Å². The molecule has 0 aliphatic rings. The zero-order chi connectivity index (χ0) is 67.2. The summed E-state index contributed by atoms with van der Waals surface area (Å²) in [7, 11) is 0.